The van der Waals surface area contributed by atoms with Crippen LogP contribution in [0.15, 0.2) is 32.9 Å². The SMILES string of the molecule is CN1CCC=C(C2(OCc3ccsc3)C=NSN2)C1. The highest BCUT2D eigenvalue weighted by Gasteiger charge is 2.38. The van der Waals surface area contributed by atoms with Crippen molar-refractivity contribution in [1.82, 2.24) is 9.62 Å². The molecule has 0 bridgehead atoms. The third-order valence-corrected chi connectivity index (χ3v) is 4.69. The highest BCUT2D eigenvalue weighted by atomic mass is 32.2. The number of likely N-dealkylation sites (N-methyl/N-ethyl adjacent to an activating group) is 1. The van der Waals surface area contributed by atoms with Crippen molar-refractivity contribution in [3.8, 4) is 0 Å². The molecule has 0 spiro atoms. The second-order valence-electron chi connectivity index (χ2n) is 4.84. The summed E-state index contributed by atoms with van der Waals surface area (Å²) in [6, 6.07) is 2.10. The Kier molecular flexibility index (Phi) is 4.04. The van der Waals surface area contributed by atoms with E-state index in [9.17, 15) is 0 Å². The quantitative estimate of drug-likeness (QED) is 0.684. The molecule has 0 saturated heterocycles. The normalized spacial score (nSPS) is 27.7. The average Bonchev–Trinajstić information content (AvgIpc) is 3.09. The maximum absolute atomic E-state index is 6.15. The second-order valence-corrected chi connectivity index (χ2v) is 6.22. The fraction of sp³-hybridized carbons (Fsp3) is 0.462. The zero-order chi connectivity index (χ0) is 13.1. The van der Waals surface area contributed by atoms with Crippen molar-refractivity contribution < 1.29 is 4.74 Å². The zero-order valence-electron chi connectivity index (χ0n) is 10.8. The lowest BCUT2D eigenvalue weighted by Gasteiger charge is -2.34. The van der Waals surface area contributed by atoms with E-state index in [1.807, 2.05) is 6.21 Å². The minimum absolute atomic E-state index is 0.540. The summed E-state index contributed by atoms with van der Waals surface area (Å²) < 4.78 is 13.7. The van der Waals surface area contributed by atoms with Gasteiger partial charge in [-0.1, -0.05) is 6.08 Å². The summed E-state index contributed by atoms with van der Waals surface area (Å²) in [5.41, 5.74) is 1.92. The molecule has 2 aliphatic rings. The molecule has 1 unspecified atom stereocenters. The molecule has 0 aliphatic carbocycles. The molecule has 2 aliphatic heterocycles. The largest absolute Gasteiger partial charge is 0.346 e. The van der Waals surface area contributed by atoms with E-state index in [0.29, 0.717) is 6.61 Å². The number of rotatable bonds is 4. The van der Waals surface area contributed by atoms with Crippen LogP contribution in [0, 0.1) is 0 Å². The number of nitrogens with one attached hydrogen (secondary N) is 1. The average molecular weight is 295 g/mol. The molecule has 4 nitrogen and oxygen atoms in total. The first-order chi connectivity index (χ1) is 9.28. The van der Waals surface area contributed by atoms with Crippen LogP contribution in [0.2, 0.25) is 0 Å². The van der Waals surface area contributed by atoms with Gasteiger partial charge in [0.05, 0.1) is 25.0 Å². The maximum atomic E-state index is 6.15. The summed E-state index contributed by atoms with van der Waals surface area (Å²) in [6.07, 6.45) is 5.23. The maximum Gasteiger partial charge on any atom is 0.190 e. The van der Waals surface area contributed by atoms with Gasteiger partial charge in [0.2, 0.25) is 0 Å². The predicted molar refractivity (Wildman–Crippen MR) is 81.3 cm³/mol. The van der Waals surface area contributed by atoms with Crippen LogP contribution in [0.4, 0.5) is 0 Å². The van der Waals surface area contributed by atoms with Crippen molar-refractivity contribution in [2.45, 2.75) is 18.8 Å². The summed E-state index contributed by atoms with van der Waals surface area (Å²) in [4.78, 5) is 2.31. The van der Waals surface area contributed by atoms with E-state index in [2.05, 4.69) is 44.0 Å². The van der Waals surface area contributed by atoms with E-state index in [4.69, 9.17) is 4.74 Å². The smallest absolute Gasteiger partial charge is 0.190 e. The van der Waals surface area contributed by atoms with Gasteiger partial charge in [-0.05, 0) is 41.4 Å². The molecular weight excluding hydrogens is 278 g/mol. The Morgan fingerprint density at radius 1 is 1.58 bits per heavy atom. The molecule has 0 radical (unpaired) electrons. The molecule has 0 saturated carbocycles. The third kappa shape index (κ3) is 2.93. The van der Waals surface area contributed by atoms with Crippen LogP contribution < -0.4 is 4.72 Å². The van der Waals surface area contributed by atoms with Gasteiger partial charge in [-0.25, -0.2) is 9.12 Å². The third-order valence-electron chi connectivity index (χ3n) is 3.35. The van der Waals surface area contributed by atoms with Gasteiger partial charge in [0.1, 0.15) is 0 Å². The van der Waals surface area contributed by atoms with E-state index < -0.39 is 5.72 Å². The van der Waals surface area contributed by atoms with Gasteiger partial charge in [0.15, 0.2) is 5.72 Å². The number of ether oxygens (including phenoxy) is 1. The Morgan fingerprint density at radius 3 is 3.21 bits per heavy atom. The van der Waals surface area contributed by atoms with E-state index in [1.165, 1.54) is 23.3 Å². The van der Waals surface area contributed by atoms with Gasteiger partial charge in [0, 0.05) is 13.1 Å². The molecule has 3 heterocycles. The Balaban J connectivity index is 1.75. The first-order valence-corrected chi connectivity index (χ1v) is 8.01. The Morgan fingerprint density at radius 2 is 2.53 bits per heavy atom. The highest BCUT2D eigenvalue weighted by Crippen LogP contribution is 2.29. The van der Waals surface area contributed by atoms with E-state index in [0.717, 1.165) is 19.5 Å². The molecule has 19 heavy (non-hydrogen) atoms. The standard InChI is InChI=1S/C13H17N3OS2/c1-16-5-2-3-12(7-16)13(10-14-19-15-13)17-8-11-4-6-18-9-11/h3-4,6,9-10,15H,2,5,7-8H2,1H3. The molecule has 0 fully saturated rings. The van der Waals surface area contributed by atoms with Crippen LogP contribution in [-0.4, -0.2) is 37.0 Å². The van der Waals surface area contributed by atoms with E-state index in [1.54, 1.807) is 11.3 Å². The predicted octanol–water partition coefficient (Wildman–Crippen LogP) is 2.46. The molecule has 0 aromatic carbocycles. The number of nitrogens with zero attached hydrogens (tertiary/aromatic N) is 2. The van der Waals surface area contributed by atoms with Gasteiger partial charge >= 0.3 is 0 Å². The van der Waals surface area contributed by atoms with Crippen LogP contribution >= 0.6 is 23.5 Å². The Hall–Kier alpha value is -0.660. The van der Waals surface area contributed by atoms with Crippen LogP contribution in [0.5, 0.6) is 0 Å². The first kappa shape index (κ1) is 13.3. The van der Waals surface area contributed by atoms with Gasteiger partial charge in [-0.15, -0.1) is 0 Å². The first-order valence-electron chi connectivity index (χ1n) is 6.29. The lowest BCUT2D eigenvalue weighted by molar-refractivity contribution is 0.0153. The minimum atomic E-state index is -0.540. The lowest BCUT2D eigenvalue weighted by Crippen LogP contribution is -2.48. The van der Waals surface area contributed by atoms with Crippen molar-refractivity contribution in [2.24, 2.45) is 4.40 Å². The molecule has 102 valence electrons. The van der Waals surface area contributed by atoms with Gasteiger partial charge in [-0.2, -0.15) is 11.3 Å². The minimum Gasteiger partial charge on any atom is -0.346 e. The molecule has 1 aromatic heterocycles. The number of thiophene rings is 1. The highest BCUT2D eigenvalue weighted by molar-refractivity contribution is 7.96. The van der Waals surface area contributed by atoms with Crippen LogP contribution in [0.3, 0.4) is 0 Å². The molecule has 1 atom stereocenters. The fourth-order valence-electron chi connectivity index (χ4n) is 2.26. The molecule has 0 amide bonds. The Labute approximate surface area is 121 Å². The van der Waals surface area contributed by atoms with Crippen molar-refractivity contribution in [3.05, 3.63) is 34.0 Å². The van der Waals surface area contributed by atoms with Crippen LogP contribution in [-0.2, 0) is 11.3 Å². The Bertz CT molecular complexity index is 486. The zero-order valence-corrected chi connectivity index (χ0v) is 12.5. The summed E-state index contributed by atoms with van der Waals surface area (Å²) in [5.74, 6) is 0. The van der Waals surface area contributed by atoms with Crippen molar-refractivity contribution in [1.29, 1.82) is 0 Å². The van der Waals surface area contributed by atoms with Crippen LogP contribution in [0.1, 0.15) is 12.0 Å². The fourth-order valence-corrected chi connectivity index (χ4v) is 3.55. The summed E-state index contributed by atoms with van der Waals surface area (Å²) in [5, 5.41) is 4.19. The number of hydrogen-bond donors (Lipinski definition) is 1. The van der Waals surface area contributed by atoms with Crippen LogP contribution in [0.25, 0.3) is 0 Å². The topological polar surface area (TPSA) is 36.9 Å². The van der Waals surface area contributed by atoms with Crippen molar-refractivity contribution in [2.75, 3.05) is 20.1 Å². The second kappa shape index (κ2) is 5.76. The van der Waals surface area contributed by atoms with E-state index in [-0.39, 0.29) is 0 Å². The summed E-state index contributed by atoms with van der Waals surface area (Å²) in [7, 11) is 2.14. The summed E-state index contributed by atoms with van der Waals surface area (Å²) in [6.45, 7) is 2.63. The molecule has 3 rings (SSSR count). The molecule has 1 aromatic rings. The van der Waals surface area contributed by atoms with Crippen molar-refractivity contribution in [3.63, 3.8) is 0 Å². The molecule has 6 heteroatoms. The molecular formula is C13H17N3OS2. The van der Waals surface area contributed by atoms with Crippen molar-refractivity contribution >= 4 is 29.7 Å². The summed E-state index contributed by atoms with van der Waals surface area (Å²) >= 11 is 3.05. The van der Waals surface area contributed by atoms with Gasteiger partial charge in [0.25, 0.3) is 0 Å². The lowest BCUT2D eigenvalue weighted by atomic mass is 10.00. The number of hydrogen-bond acceptors (Lipinski definition) is 6. The van der Waals surface area contributed by atoms with Gasteiger partial charge in [-0.3, -0.25) is 0 Å². The monoisotopic (exact) mass is 295 g/mol. The van der Waals surface area contributed by atoms with Gasteiger partial charge < -0.3 is 9.64 Å². The molecule has 1 N–H and O–H groups in total. The van der Waals surface area contributed by atoms with E-state index >= 15 is 0 Å².